The summed E-state index contributed by atoms with van der Waals surface area (Å²) in [5.41, 5.74) is 4.73. The fraction of sp³-hybridized carbons (Fsp3) is 0.364. The van der Waals surface area contributed by atoms with Crippen LogP contribution in [0.1, 0.15) is 24.4 Å². The molecular formula is C11H11F2NO2. The van der Waals surface area contributed by atoms with Crippen molar-refractivity contribution in [1.82, 2.24) is 0 Å². The van der Waals surface area contributed by atoms with Crippen LogP contribution in [0.3, 0.4) is 0 Å². The van der Waals surface area contributed by atoms with E-state index in [1.807, 2.05) is 0 Å². The summed E-state index contributed by atoms with van der Waals surface area (Å²) in [6.07, 6.45) is 0.862. The minimum atomic E-state index is -1.07. The Morgan fingerprint density at radius 2 is 2.06 bits per heavy atom. The highest BCUT2D eigenvalue weighted by atomic mass is 19.1. The first kappa shape index (κ1) is 11.0. The van der Waals surface area contributed by atoms with Crippen LogP contribution in [-0.4, -0.2) is 11.1 Å². The number of halogens is 2. The minimum absolute atomic E-state index is 0.0568. The zero-order valence-electron chi connectivity index (χ0n) is 8.41. The van der Waals surface area contributed by atoms with Crippen LogP contribution in [0.25, 0.3) is 0 Å². The molecule has 0 spiro atoms. The van der Waals surface area contributed by atoms with Crippen molar-refractivity contribution in [3.63, 3.8) is 0 Å². The van der Waals surface area contributed by atoms with Gasteiger partial charge in [-0.1, -0.05) is 6.07 Å². The molecule has 1 aliphatic rings. The van der Waals surface area contributed by atoms with Gasteiger partial charge in [0.25, 0.3) is 0 Å². The molecule has 86 valence electrons. The first-order valence-electron chi connectivity index (χ1n) is 4.91. The zero-order chi connectivity index (χ0) is 11.9. The second-order valence-corrected chi connectivity index (χ2v) is 4.10. The van der Waals surface area contributed by atoms with Gasteiger partial charge in [0.05, 0.1) is 5.41 Å². The van der Waals surface area contributed by atoms with E-state index in [4.69, 9.17) is 10.8 Å². The summed E-state index contributed by atoms with van der Waals surface area (Å²) in [5, 5.41) is 9.00. The maximum Gasteiger partial charge on any atom is 0.311 e. The average Bonchev–Trinajstić information content (AvgIpc) is 2.97. The number of hydrogen-bond acceptors (Lipinski definition) is 2. The predicted octanol–water partition coefficient (Wildman–Crippen LogP) is 1.83. The molecule has 1 aromatic rings. The third-order valence-electron chi connectivity index (χ3n) is 3.11. The highest BCUT2D eigenvalue weighted by Crippen LogP contribution is 2.54. The highest BCUT2D eigenvalue weighted by molar-refractivity contribution is 5.79. The predicted molar refractivity (Wildman–Crippen MR) is 52.6 cm³/mol. The summed E-state index contributed by atoms with van der Waals surface area (Å²) in [6, 6.07) is 2.08. The van der Waals surface area contributed by atoms with E-state index in [1.165, 1.54) is 6.07 Å². The number of hydrogen-bond donors (Lipinski definition) is 2. The fourth-order valence-corrected chi connectivity index (χ4v) is 1.84. The second-order valence-electron chi connectivity index (χ2n) is 4.10. The second kappa shape index (κ2) is 3.52. The molecule has 0 aromatic heterocycles. The topological polar surface area (TPSA) is 63.3 Å². The lowest BCUT2D eigenvalue weighted by atomic mass is 9.90. The highest BCUT2D eigenvalue weighted by Gasteiger charge is 2.55. The van der Waals surface area contributed by atoms with Gasteiger partial charge in [-0.3, -0.25) is 4.79 Å². The molecule has 1 aromatic carbocycles. The van der Waals surface area contributed by atoms with Gasteiger partial charge < -0.3 is 10.8 Å². The molecule has 0 saturated heterocycles. The number of aliphatic carboxylic acids is 1. The number of carboxylic acids is 1. The largest absolute Gasteiger partial charge is 0.481 e. The lowest BCUT2D eigenvalue weighted by Gasteiger charge is -2.19. The third-order valence-corrected chi connectivity index (χ3v) is 3.11. The van der Waals surface area contributed by atoms with Gasteiger partial charge in [-0.05, 0) is 18.9 Å². The van der Waals surface area contributed by atoms with Crippen LogP contribution in [0.5, 0.6) is 0 Å². The van der Waals surface area contributed by atoms with Gasteiger partial charge >= 0.3 is 5.97 Å². The Morgan fingerprint density at radius 1 is 1.44 bits per heavy atom. The lowest BCUT2D eigenvalue weighted by molar-refractivity contribution is -0.144. The number of nitrogens with two attached hydrogens (primary N) is 1. The quantitative estimate of drug-likeness (QED) is 0.828. The summed E-state index contributed by atoms with van der Waals surface area (Å²) >= 11 is 0. The van der Waals surface area contributed by atoms with E-state index >= 15 is 0 Å². The molecular weight excluding hydrogens is 216 g/mol. The minimum Gasteiger partial charge on any atom is -0.481 e. The Balaban J connectivity index is 2.35. The number of carbonyl (C=O) groups is 1. The Hall–Kier alpha value is -1.49. The van der Waals surface area contributed by atoms with Crippen LogP contribution in [0.2, 0.25) is 0 Å². The Bertz CT molecular complexity index is 444. The summed E-state index contributed by atoms with van der Waals surface area (Å²) in [5.74, 6) is -2.52. The summed E-state index contributed by atoms with van der Waals surface area (Å²) in [4.78, 5) is 11.0. The molecule has 2 rings (SSSR count). The van der Waals surface area contributed by atoms with Crippen LogP contribution < -0.4 is 5.73 Å². The van der Waals surface area contributed by atoms with Gasteiger partial charge in [-0.2, -0.15) is 0 Å². The molecule has 3 N–H and O–H groups in total. The number of benzene rings is 1. The normalized spacial score (nSPS) is 19.2. The van der Waals surface area contributed by atoms with Gasteiger partial charge in [-0.15, -0.1) is 0 Å². The number of carboxylic acid groups (broad SMARTS) is 1. The van der Waals surface area contributed by atoms with Crippen molar-refractivity contribution in [3.05, 3.63) is 35.4 Å². The fourth-order valence-electron chi connectivity index (χ4n) is 1.84. The van der Waals surface area contributed by atoms with E-state index in [2.05, 4.69) is 0 Å². The van der Waals surface area contributed by atoms with Crippen molar-refractivity contribution in [1.29, 1.82) is 0 Å². The van der Waals surface area contributed by atoms with Gasteiger partial charge in [-0.25, -0.2) is 8.78 Å². The maximum absolute atomic E-state index is 13.4. The molecule has 0 radical (unpaired) electrons. The van der Waals surface area contributed by atoms with Gasteiger partial charge in [0.15, 0.2) is 0 Å². The zero-order valence-corrected chi connectivity index (χ0v) is 8.41. The van der Waals surface area contributed by atoms with Crippen LogP contribution in [-0.2, 0) is 4.79 Å². The molecule has 1 saturated carbocycles. The van der Waals surface area contributed by atoms with Crippen LogP contribution in [0.4, 0.5) is 8.78 Å². The smallest absolute Gasteiger partial charge is 0.311 e. The SMILES string of the molecule is NC(c1ccc(F)cc1F)C1(C(=O)O)CC1. The third kappa shape index (κ3) is 1.57. The van der Waals surface area contributed by atoms with Crippen LogP contribution in [0, 0.1) is 17.0 Å². The van der Waals surface area contributed by atoms with Gasteiger partial charge in [0.1, 0.15) is 11.6 Å². The van der Waals surface area contributed by atoms with Crippen molar-refractivity contribution < 1.29 is 18.7 Å². The molecule has 0 heterocycles. The average molecular weight is 227 g/mol. The molecule has 0 aliphatic heterocycles. The molecule has 0 amide bonds. The van der Waals surface area contributed by atoms with Crippen LogP contribution >= 0.6 is 0 Å². The number of rotatable bonds is 3. The van der Waals surface area contributed by atoms with E-state index in [0.717, 1.165) is 6.07 Å². The standard InChI is InChI=1S/C11H11F2NO2/c12-6-1-2-7(8(13)5-6)9(14)11(3-4-11)10(15)16/h1-2,5,9H,3-4,14H2,(H,15,16). The summed E-state index contributed by atoms with van der Waals surface area (Å²) in [7, 11) is 0. The van der Waals surface area contributed by atoms with E-state index < -0.39 is 29.1 Å². The Kier molecular flexibility index (Phi) is 2.42. The molecule has 1 atom stereocenters. The van der Waals surface area contributed by atoms with Crippen molar-refractivity contribution >= 4 is 5.97 Å². The molecule has 16 heavy (non-hydrogen) atoms. The lowest BCUT2D eigenvalue weighted by Crippen LogP contribution is -2.30. The maximum atomic E-state index is 13.4. The molecule has 5 heteroatoms. The van der Waals surface area contributed by atoms with Crippen molar-refractivity contribution in [2.45, 2.75) is 18.9 Å². The van der Waals surface area contributed by atoms with Gasteiger partial charge in [0, 0.05) is 17.7 Å². The first-order valence-corrected chi connectivity index (χ1v) is 4.91. The van der Waals surface area contributed by atoms with Gasteiger partial charge in [0.2, 0.25) is 0 Å². The van der Waals surface area contributed by atoms with E-state index in [1.54, 1.807) is 0 Å². The Labute approximate surface area is 90.9 Å². The summed E-state index contributed by atoms with van der Waals surface area (Å²) < 4.78 is 26.1. The van der Waals surface area contributed by atoms with E-state index in [-0.39, 0.29) is 5.56 Å². The first-order chi connectivity index (χ1) is 7.47. The van der Waals surface area contributed by atoms with Crippen molar-refractivity contribution in [2.24, 2.45) is 11.1 Å². The van der Waals surface area contributed by atoms with E-state index in [9.17, 15) is 13.6 Å². The van der Waals surface area contributed by atoms with Crippen molar-refractivity contribution in [2.75, 3.05) is 0 Å². The molecule has 1 fully saturated rings. The molecule has 3 nitrogen and oxygen atoms in total. The van der Waals surface area contributed by atoms with Crippen LogP contribution in [0.15, 0.2) is 18.2 Å². The van der Waals surface area contributed by atoms with Crippen molar-refractivity contribution in [3.8, 4) is 0 Å². The monoisotopic (exact) mass is 227 g/mol. The molecule has 1 unspecified atom stereocenters. The summed E-state index contributed by atoms with van der Waals surface area (Å²) in [6.45, 7) is 0. The van der Waals surface area contributed by atoms with E-state index in [0.29, 0.717) is 18.9 Å². The Morgan fingerprint density at radius 3 is 2.50 bits per heavy atom. The molecule has 0 bridgehead atoms. The molecule has 1 aliphatic carbocycles.